The molecule has 0 amide bonds. The van der Waals surface area contributed by atoms with Gasteiger partial charge in [-0.15, -0.1) is 0 Å². The lowest BCUT2D eigenvalue weighted by Gasteiger charge is -2.02. The Bertz CT molecular complexity index is 399. The lowest BCUT2D eigenvalue weighted by molar-refractivity contribution is -0.120. The number of benzene rings is 1. The van der Waals surface area contributed by atoms with Crippen molar-refractivity contribution in [2.75, 3.05) is 0 Å². The maximum absolute atomic E-state index is 12.9. The number of ketones is 1. The molecule has 0 atom stereocenters. The van der Waals surface area contributed by atoms with Crippen molar-refractivity contribution in [3.05, 3.63) is 34.6 Å². The van der Waals surface area contributed by atoms with Gasteiger partial charge >= 0.3 is 0 Å². The minimum atomic E-state index is -0.389. The second kappa shape index (κ2) is 4.96. The molecule has 16 heavy (non-hydrogen) atoms. The van der Waals surface area contributed by atoms with Crippen molar-refractivity contribution in [2.45, 2.75) is 32.1 Å². The van der Waals surface area contributed by atoms with E-state index < -0.39 is 0 Å². The van der Waals surface area contributed by atoms with Gasteiger partial charge in [0.15, 0.2) is 0 Å². The SMILES string of the molecule is O=C(CCCc1ccc(F)c(Cl)c1)C1CC1. The molecule has 0 heterocycles. The first kappa shape index (κ1) is 11.6. The number of Topliss-reactive ketones (excluding diaryl/α,β-unsaturated/α-hetero) is 1. The molecule has 86 valence electrons. The summed E-state index contributed by atoms with van der Waals surface area (Å²) in [6.45, 7) is 0. The van der Waals surface area contributed by atoms with Gasteiger partial charge in [-0.2, -0.15) is 0 Å². The Morgan fingerprint density at radius 3 is 2.81 bits per heavy atom. The fourth-order valence-corrected chi connectivity index (χ4v) is 1.97. The molecule has 2 rings (SSSR count). The first-order valence-corrected chi connectivity index (χ1v) is 6.01. The summed E-state index contributed by atoms with van der Waals surface area (Å²) in [5.41, 5.74) is 0.995. The van der Waals surface area contributed by atoms with Crippen LogP contribution in [-0.4, -0.2) is 5.78 Å². The molecule has 1 fully saturated rings. The van der Waals surface area contributed by atoms with Crippen LogP contribution in [0.4, 0.5) is 4.39 Å². The maximum Gasteiger partial charge on any atom is 0.141 e. The number of rotatable bonds is 5. The molecule has 0 spiro atoms. The van der Waals surface area contributed by atoms with Crippen LogP contribution in [0.2, 0.25) is 5.02 Å². The lowest BCUT2D eigenvalue weighted by atomic mass is 10.0. The Morgan fingerprint density at radius 1 is 1.44 bits per heavy atom. The van der Waals surface area contributed by atoms with Crippen molar-refractivity contribution in [1.82, 2.24) is 0 Å². The average Bonchev–Trinajstić information content (AvgIpc) is 3.07. The third kappa shape index (κ3) is 3.05. The smallest absolute Gasteiger partial charge is 0.141 e. The van der Waals surface area contributed by atoms with Crippen molar-refractivity contribution in [1.29, 1.82) is 0 Å². The van der Waals surface area contributed by atoms with E-state index in [0.717, 1.165) is 31.2 Å². The first-order chi connectivity index (χ1) is 7.66. The second-order valence-corrected chi connectivity index (χ2v) is 4.75. The fourth-order valence-electron chi connectivity index (χ4n) is 1.77. The zero-order valence-electron chi connectivity index (χ0n) is 9.01. The van der Waals surface area contributed by atoms with Gasteiger partial charge in [0.1, 0.15) is 11.6 Å². The molecule has 0 bridgehead atoms. The molecule has 3 heteroatoms. The van der Waals surface area contributed by atoms with Gasteiger partial charge in [-0.3, -0.25) is 4.79 Å². The highest BCUT2D eigenvalue weighted by molar-refractivity contribution is 6.30. The molecule has 1 aromatic carbocycles. The van der Waals surface area contributed by atoms with E-state index >= 15 is 0 Å². The topological polar surface area (TPSA) is 17.1 Å². The zero-order chi connectivity index (χ0) is 11.5. The van der Waals surface area contributed by atoms with Crippen LogP contribution in [0, 0.1) is 11.7 Å². The minimum Gasteiger partial charge on any atom is -0.299 e. The number of carbonyl (C=O) groups excluding carboxylic acids is 1. The molecular weight excluding hydrogens is 227 g/mol. The van der Waals surface area contributed by atoms with Gasteiger partial charge in [0.05, 0.1) is 5.02 Å². The van der Waals surface area contributed by atoms with Crippen LogP contribution < -0.4 is 0 Å². The molecule has 0 radical (unpaired) electrons. The Morgan fingerprint density at radius 2 is 2.19 bits per heavy atom. The van der Waals surface area contributed by atoms with Crippen molar-refractivity contribution in [3.8, 4) is 0 Å². The summed E-state index contributed by atoms with van der Waals surface area (Å²) < 4.78 is 12.9. The Kier molecular flexibility index (Phi) is 3.59. The first-order valence-electron chi connectivity index (χ1n) is 5.63. The molecule has 1 aromatic rings. The molecule has 1 aliphatic rings. The highest BCUT2D eigenvalue weighted by Crippen LogP contribution is 2.31. The zero-order valence-corrected chi connectivity index (χ0v) is 9.77. The monoisotopic (exact) mass is 240 g/mol. The van der Waals surface area contributed by atoms with Crippen LogP contribution in [0.3, 0.4) is 0 Å². The highest BCUT2D eigenvalue weighted by atomic mass is 35.5. The highest BCUT2D eigenvalue weighted by Gasteiger charge is 2.28. The van der Waals surface area contributed by atoms with Gasteiger partial charge in [-0.05, 0) is 43.4 Å². The Hall–Kier alpha value is -0.890. The molecule has 0 aliphatic heterocycles. The third-order valence-corrected chi connectivity index (χ3v) is 3.19. The van der Waals surface area contributed by atoms with Crippen LogP contribution in [0.15, 0.2) is 18.2 Å². The summed E-state index contributed by atoms with van der Waals surface area (Å²) in [5.74, 6) is 0.337. The molecule has 0 saturated heterocycles. The van der Waals surface area contributed by atoms with Crippen molar-refractivity contribution in [2.24, 2.45) is 5.92 Å². The average molecular weight is 241 g/mol. The van der Waals surface area contributed by atoms with Crippen LogP contribution in [0.1, 0.15) is 31.2 Å². The number of hydrogen-bond acceptors (Lipinski definition) is 1. The summed E-state index contributed by atoms with van der Waals surface area (Å²) in [5, 5.41) is 0.158. The van der Waals surface area contributed by atoms with Gasteiger partial charge in [-0.25, -0.2) is 4.39 Å². The minimum absolute atomic E-state index is 0.158. The van der Waals surface area contributed by atoms with Gasteiger partial charge in [0.25, 0.3) is 0 Å². The molecule has 1 aliphatic carbocycles. The van der Waals surface area contributed by atoms with E-state index in [-0.39, 0.29) is 10.8 Å². The summed E-state index contributed by atoms with van der Waals surface area (Å²) in [4.78, 5) is 11.4. The number of aryl methyl sites for hydroxylation is 1. The van der Waals surface area contributed by atoms with E-state index in [2.05, 4.69) is 0 Å². The quantitative estimate of drug-likeness (QED) is 0.766. The van der Waals surface area contributed by atoms with Crippen molar-refractivity contribution in [3.63, 3.8) is 0 Å². The molecule has 1 saturated carbocycles. The lowest BCUT2D eigenvalue weighted by Crippen LogP contribution is -2.00. The van der Waals surface area contributed by atoms with Gasteiger partial charge in [-0.1, -0.05) is 17.7 Å². The molecule has 0 aromatic heterocycles. The molecule has 0 unspecified atom stereocenters. The number of hydrogen-bond donors (Lipinski definition) is 0. The summed E-state index contributed by atoms with van der Waals surface area (Å²) in [6.07, 6.45) is 4.40. The summed E-state index contributed by atoms with van der Waals surface area (Å²) in [6, 6.07) is 4.74. The summed E-state index contributed by atoms with van der Waals surface area (Å²) in [7, 11) is 0. The standard InChI is InChI=1S/C13H14ClFO/c14-11-8-9(4-7-12(11)15)2-1-3-13(16)10-5-6-10/h4,7-8,10H,1-3,5-6H2. The van der Waals surface area contributed by atoms with E-state index in [1.54, 1.807) is 12.1 Å². The predicted molar refractivity (Wildman–Crippen MR) is 62.1 cm³/mol. The second-order valence-electron chi connectivity index (χ2n) is 4.34. The van der Waals surface area contributed by atoms with E-state index in [9.17, 15) is 9.18 Å². The molecular formula is C13H14ClFO. The van der Waals surface area contributed by atoms with Crippen LogP contribution in [0.25, 0.3) is 0 Å². The summed E-state index contributed by atoms with van der Waals surface area (Å²) >= 11 is 5.67. The van der Waals surface area contributed by atoms with E-state index in [4.69, 9.17) is 11.6 Å². The van der Waals surface area contributed by atoms with Crippen molar-refractivity contribution >= 4 is 17.4 Å². The van der Waals surface area contributed by atoms with E-state index in [0.29, 0.717) is 18.1 Å². The van der Waals surface area contributed by atoms with Gasteiger partial charge < -0.3 is 0 Å². The Labute approximate surface area is 99.6 Å². The number of carbonyl (C=O) groups is 1. The number of halogens is 2. The van der Waals surface area contributed by atoms with Gasteiger partial charge in [0, 0.05) is 12.3 Å². The van der Waals surface area contributed by atoms with Gasteiger partial charge in [0.2, 0.25) is 0 Å². The normalized spacial score (nSPS) is 15.1. The van der Waals surface area contributed by atoms with Crippen LogP contribution in [-0.2, 0) is 11.2 Å². The largest absolute Gasteiger partial charge is 0.299 e. The fraction of sp³-hybridized carbons (Fsp3) is 0.462. The van der Waals surface area contributed by atoms with Crippen LogP contribution in [0.5, 0.6) is 0 Å². The predicted octanol–water partition coefficient (Wildman–Crippen LogP) is 3.78. The maximum atomic E-state index is 12.9. The van der Waals surface area contributed by atoms with E-state index in [1.165, 1.54) is 6.07 Å². The van der Waals surface area contributed by atoms with Crippen LogP contribution >= 0.6 is 11.6 Å². The third-order valence-electron chi connectivity index (χ3n) is 2.91. The Balaban J connectivity index is 1.80. The molecule has 1 nitrogen and oxygen atoms in total. The van der Waals surface area contributed by atoms with Crippen molar-refractivity contribution < 1.29 is 9.18 Å². The molecule has 0 N–H and O–H groups in total. The van der Waals surface area contributed by atoms with E-state index in [1.807, 2.05) is 0 Å².